The van der Waals surface area contributed by atoms with Crippen LogP contribution < -0.4 is 5.73 Å². The number of carbonyl (C=O) groups excluding carboxylic acids is 1. The molecule has 0 spiro atoms. The van der Waals surface area contributed by atoms with Crippen molar-refractivity contribution in [3.05, 3.63) is 34.1 Å². The Kier molecular flexibility index (Phi) is 6.26. The molecule has 0 amide bonds. The third kappa shape index (κ3) is 3.43. The largest absolute Gasteiger partial charge is 0.469 e. The maximum Gasteiger partial charge on any atom is 0.313 e. The highest BCUT2D eigenvalue weighted by Gasteiger charge is 2.37. The number of halogens is 3. The number of carbonyl (C=O) groups is 1. The van der Waals surface area contributed by atoms with E-state index in [0.717, 1.165) is 0 Å². The number of hydrogen-bond acceptors (Lipinski definition) is 3. The number of rotatable bonds is 3. The van der Waals surface area contributed by atoms with E-state index in [1.807, 2.05) is 0 Å². The summed E-state index contributed by atoms with van der Waals surface area (Å²) in [5.74, 6) is -0.901. The Labute approximate surface area is 120 Å². The molecule has 0 radical (unpaired) electrons. The van der Waals surface area contributed by atoms with Gasteiger partial charge in [0.2, 0.25) is 0 Å². The molecule has 0 unspecified atom stereocenters. The highest BCUT2D eigenvalue weighted by atomic mass is 79.9. The fourth-order valence-corrected chi connectivity index (χ4v) is 1.91. The van der Waals surface area contributed by atoms with Crippen molar-refractivity contribution in [1.82, 2.24) is 0 Å². The molecule has 0 saturated carbocycles. The van der Waals surface area contributed by atoms with Crippen LogP contribution in [0.25, 0.3) is 0 Å². The van der Waals surface area contributed by atoms with Gasteiger partial charge in [0.05, 0.1) is 12.5 Å². The molecule has 0 aliphatic carbocycles. The van der Waals surface area contributed by atoms with Gasteiger partial charge >= 0.3 is 5.97 Å². The molecule has 0 heterocycles. The van der Waals surface area contributed by atoms with E-state index in [-0.39, 0.29) is 18.0 Å². The zero-order valence-corrected chi connectivity index (χ0v) is 12.8. The minimum Gasteiger partial charge on any atom is -0.469 e. The number of benzene rings is 1. The van der Waals surface area contributed by atoms with Gasteiger partial charge in [-0.15, -0.1) is 12.4 Å². The summed E-state index contributed by atoms with van der Waals surface area (Å²) in [5, 5.41) is 0. The summed E-state index contributed by atoms with van der Waals surface area (Å²) in [6.45, 7) is 3.26. The molecule has 0 aliphatic heterocycles. The molecule has 3 nitrogen and oxygen atoms in total. The standard InChI is InChI=1S/C12H15BrFNO2.ClH/c1-12(2,11(16)17-3)10(15)8-6-7(13)4-5-9(8)14;/h4-6,10H,15H2,1-3H3;1H/t10-;/m0./s1. The predicted octanol–water partition coefficient (Wildman–Crippen LogP) is 3.21. The molecule has 6 heteroatoms. The Morgan fingerprint density at radius 3 is 2.56 bits per heavy atom. The lowest BCUT2D eigenvalue weighted by Crippen LogP contribution is -2.37. The first-order valence-electron chi connectivity index (χ1n) is 5.09. The summed E-state index contributed by atoms with van der Waals surface area (Å²) in [7, 11) is 1.29. The summed E-state index contributed by atoms with van der Waals surface area (Å²) in [4.78, 5) is 11.6. The lowest BCUT2D eigenvalue weighted by molar-refractivity contribution is -0.152. The molecular weight excluding hydrogens is 324 g/mol. The van der Waals surface area contributed by atoms with Crippen molar-refractivity contribution in [2.24, 2.45) is 11.1 Å². The molecule has 1 rings (SSSR count). The van der Waals surface area contributed by atoms with E-state index in [4.69, 9.17) is 5.73 Å². The Morgan fingerprint density at radius 1 is 1.50 bits per heavy atom. The van der Waals surface area contributed by atoms with Gasteiger partial charge in [0.15, 0.2) is 0 Å². The van der Waals surface area contributed by atoms with E-state index in [1.54, 1.807) is 26.0 Å². The second-order valence-corrected chi connectivity index (χ2v) is 5.27. The van der Waals surface area contributed by atoms with Gasteiger partial charge in [0.1, 0.15) is 5.82 Å². The highest BCUT2D eigenvalue weighted by Crippen LogP contribution is 2.34. The summed E-state index contributed by atoms with van der Waals surface area (Å²) in [5.41, 5.74) is 5.25. The molecule has 1 atom stereocenters. The molecule has 0 bridgehead atoms. The van der Waals surface area contributed by atoms with Gasteiger partial charge in [0, 0.05) is 16.1 Å². The first-order valence-corrected chi connectivity index (χ1v) is 5.89. The van der Waals surface area contributed by atoms with Gasteiger partial charge in [-0.05, 0) is 32.0 Å². The van der Waals surface area contributed by atoms with Crippen LogP contribution >= 0.6 is 28.3 Å². The monoisotopic (exact) mass is 339 g/mol. The molecule has 2 N–H and O–H groups in total. The predicted molar refractivity (Wildman–Crippen MR) is 74.1 cm³/mol. The van der Waals surface area contributed by atoms with E-state index < -0.39 is 23.2 Å². The zero-order chi connectivity index (χ0) is 13.2. The number of hydrogen-bond donors (Lipinski definition) is 1. The second-order valence-electron chi connectivity index (χ2n) is 4.36. The van der Waals surface area contributed by atoms with E-state index in [1.165, 1.54) is 13.2 Å². The second kappa shape index (κ2) is 6.50. The molecule has 18 heavy (non-hydrogen) atoms. The molecule has 102 valence electrons. The van der Waals surface area contributed by atoms with Gasteiger partial charge in [-0.3, -0.25) is 4.79 Å². The Bertz CT molecular complexity index is 440. The van der Waals surface area contributed by atoms with Gasteiger partial charge in [-0.2, -0.15) is 0 Å². The average Bonchev–Trinajstić information content (AvgIpc) is 2.30. The van der Waals surface area contributed by atoms with E-state index >= 15 is 0 Å². The van der Waals surface area contributed by atoms with Crippen LogP contribution in [0.3, 0.4) is 0 Å². The highest BCUT2D eigenvalue weighted by molar-refractivity contribution is 9.10. The quantitative estimate of drug-likeness (QED) is 0.860. The normalized spacial score (nSPS) is 12.6. The van der Waals surface area contributed by atoms with Crippen molar-refractivity contribution in [2.75, 3.05) is 7.11 Å². The van der Waals surface area contributed by atoms with Crippen LogP contribution in [0.1, 0.15) is 25.5 Å². The van der Waals surface area contributed by atoms with Crippen LogP contribution in [0.15, 0.2) is 22.7 Å². The minimum atomic E-state index is -0.990. The number of methoxy groups -OCH3 is 1. The van der Waals surface area contributed by atoms with Crippen LogP contribution in [0.2, 0.25) is 0 Å². The number of nitrogens with two attached hydrogens (primary N) is 1. The summed E-state index contributed by atoms with van der Waals surface area (Å²) in [6, 6.07) is 3.70. The summed E-state index contributed by atoms with van der Waals surface area (Å²) in [6.07, 6.45) is 0. The maximum atomic E-state index is 13.7. The van der Waals surface area contributed by atoms with Crippen molar-refractivity contribution < 1.29 is 13.9 Å². The van der Waals surface area contributed by atoms with Crippen LogP contribution in [0, 0.1) is 11.2 Å². The van der Waals surface area contributed by atoms with E-state index in [2.05, 4.69) is 20.7 Å². The molecule has 0 fully saturated rings. The molecule has 0 aliphatic rings. The third-order valence-corrected chi connectivity index (χ3v) is 3.28. The Balaban J connectivity index is 0.00000289. The third-order valence-electron chi connectivity index (χ3n) is 2.78. The molecular formula is C12H16BrClFNO2. The van der Waals surface area contributed by atoms with Gasteiger partial charge in [-0.1, -0.05) is 15.9 Å². The first kappa shape index (κ1) is 17.4. The average molecular weight is 341 g/mol. The van der Waals surface area contributed by atoms with Crippen LogP contribution in [0.5, 0.6) is 0 Å². The first-order chi connectivity index (χ1) is 7.80. The zero-order valence-electron chi connectivity index (χ0n) is 10.4. The molecule has 0 aromatic heterocycles. The number of esters is 1. The fourth-order valence-electron chi connectivity index (χ4n) is 1.53. The van der Waals surface area contributed by atoms with Crippen molar-refractivity contribution in [1.29, 1.82) is 0 Å². The van der Waals surface area contributed by atoms with Crippen molar-refractivity contribution in [3.8, 4) is 0 Å². The summed E-state index contributed by atoms with van der Waals surface area (Å²) >= 11 is 3.25. The van der Waals surface area contributed by atoms with Crippen molar-refractivity contribution in [2.45, 2.75) is 19.9 Å². The van der Waals surface area contributed by atoms with E-state index in [9.17, 15) is 9.18 Å². The lowest BCUT2D eigenvalue weighted by Gasteiger charge is -2.29. The molecule has 0 saturated heterocycles. The van der Waals surface area contributed by atoms with Gasteiger partial charge in [0.25, 0.3) is 0 Å². The maximum absolute atomic E-state index is 13.7. The molecule has 1 aromatic rings. The number of ether oxygens (including phenoxy) is 1. The lowest BCUT2D eigenvalue weighted by atomic mass is 9.81. The van der Waals surface area contributed by atoms with Gasteiger partial charge in [-0.25, -0.2) is 4.39 Å². The smallest absolute Gasteiger partial charge is 0.313 e. The van der Waals surface area contributed by atoms with Crippen LogP contribution in [-0.4, -0.2) is 13.1 Å². The van der Waals surface area contributed by atoms with Gasteiger partial charge < -0.3 is 10.5 Å². The fraction of sp³-hybridized carbons (Fsp3) is 0.417. The Hall–Kier alpha value is -0.650. The minimum absolute atomic E-state index is 0. The summed E-state index contributed by atoms with van der Waals surface area (Å²) < 4.78 is 19.1. The van der Waals surface area contributed by atoms with E-state index in [0.29, 0.717) is 4.47 Å². The topological polar surface area (TPSA) is 52.3 Å². The SMILES string of the molecule is COC(=O)C(C)(C)[C@@H](N)c1cc(Br)ccc1F.Cl. The van der Waals surface area contributed by atoms with Crippen LogP contribution in [-0.2, 0) is 9.53 Å². The van der Waals surface area contributed by atoms with Crippen LogP contribution in [0.4, 0.5) is 4.39 Å². The van der Waals surface area contributed by atoms with Crippen molar-refractivity contribution >= 4 is 34.3 Å². The molecule has 1 aromatic carbocycles. The van der Waals surface area contributed by atoms with Crippen molar-refractivity contribution in [3.63, 3.8) is 0 Å². The Morgan fingerprint density at radius 2 is 2.06 bits per heavy atom.